The van der Waals surface area contributed by atoms with Crippen LogP contribution in [0.1, 0.15) is 5.56 Å². The maximum absolute atomic E-state index is 12.7. The number of aromatic nitrogens is 3. The van der Waals surface area contributed by atoms with E-state index in [9.17, 15) is 13.2 Å². The predicted octanol–water partition coefficient (Wildman–Crippen LogP) is 2.75. The van der Waals surface area contributed by atoms with Gasteiger partial charge in [0.15, 0.2) is 5.82 Å². The number of amides is 1. The van der Waals surface area contributed by atoms with Crippen molar-refractivity contribution in [2.75, 3.05) is 5.32 Å². The van der Waals surface area contributed by atoms with Crippen LogP contribution in [0, 0.1) is 6.92 Å². The van der Waals surface area contributed by atoms with Gasteiger partial charge in [-0.1, -0.05) is 18.2 Å². The third-order valence-corrected chi connectivity index (χ3v) is 6.04. The van der Waals surface area contributed by atoms with E-state index in [4.69, 9.17) is 5.14 Å². The minimum absolute atomic E-state index is 0.00798. The molecular formula is C19H17N5O3S2. The number of nitrogens with two attached hydrogens (primary N) is 1. The van der Waals surface area contributed by atoms with Crippen molar-refractivity contribution in [2.24, 2.45) is 5.14 Å². The number of sulfonamides is 1. The molecule has 10 heteroatoms. The number of fused-ring (bicyclic) bond motifs is 1. The first-order chi connectivity index (χ1) is 13.8. The maximum Gasteiger partial charge on any atom is 0.244 e. The number of nitrogens with zero attached hydrogens (tertiary/aromatic N) is 3. The molecule has 1 amide bonds. The van der Waals surface area contributed by atoms with E-state index in [1.165, 1.54) is 17.4 Å². The summed E-state index contributed by atoms with van der Waals surface area (Å²) in [6, 6.07) is 12.1. The van der Waals surface area contributed by atoms with E-state index in [0.29, 0.717) is 22.8 Å². The summed E-state index contributed by atoms with van der Waals surface area (Å²) in [7, 11) is -3.88. The number of nitrogens with one attached hydrogen (secondary N) is 1. The smallest absolute Gasteiger partial charge is 0.244 e. The minimum atomic E-state index is -3.88. The summed E-state index contributed by atoms with van der Waals surface area (Å²) in [4.78, 5) is 21.6. The largest absolute Gasteiger partial charge is 0.324 e. The number of aryl methyl sites for hydroxylation is 1. The lowest BCUT2D eigenvalue weighted by Gasteiger charge is -2.11. The molecule has 0 fully saturated rings. The third-order valence-electron chi connectivity index (χ3n) is 4.40. The highest BCUT2D eigenvalue weighted by Crippen LogP contribution is 2.25. The number of para-hydroxylation sites is 2. The standard InChI is InChI=1S/C19H17N5O3S2/c1-12-6-7-13(8-17(12)29(20,26)27)22-18(25)9-24-16-5-3-2-4-14(16)23-19(24)15-10-28-11-21-15/h2-8,10-11H,9H2,1H3,(H,22,25)(H2,20,26,27). The van der Waals surface area contributed by atoms with Crippen LogP contribution in [-0.2, 0) is 21.4 Å². The number of hydrogen-bond donors (Lipinski definition) is 2. The average Bonchev–Trinajstić information content (AvgIpc) is 3.31. The lowest BCUT2D eigenvalue weighted by atomic mass is 10.2. The number of carbonyl (C=O) groups is 1. The highest BCUT2D eigenvalue weighted by molar-refractivity contribution is 7.89. The van der Waals surface area contributed by atoms with Gasteiger partial charge >= 0.3 is 0 Å². The van der Waals surface area contributed by atoms with E-state index in [1.54, 1.807) is 29.1 Å². The van der Waals surface area contributed by atoms with Crippen molar-refractivity contribution in [2.45, 2.75) is 18.4 Å². The first-order valence-corrected chi connectivity index (χ1v) is 11.1. The molecule has 2 aromatic carbocycles. The number of carbonyl (C=O) groups excluding carboxylic acids is 1. The molecule has 2 aromatic heterocycles. The van der Waals surface area contributed by atoms with E-state index in [-0.39, 0.29) is 17.3 Å². The number of primary sulfonamides is 1. The van der Waals surface area contributed by atoms with Crippen molar-refractivity contribution in [1.82, 2.24) is 14.5 Å². The van der Waals surface area contributed by atoms with E-state index in [1.807, 2.05) is 29.6 Å². The molecule has 2 heterocycles. The summed E-state index contributed by atoms with van der Waals surface area (Å²) >= 11 is 1.45. The fourth-order valence-electron chi connectivity index (χ4n) is 3.08. The first-order valence-electron chi connectivity index (χ1n) is 8.60. The number of imidazole rings is 1. The van der Waals surface area contributed by atoms with Crippen molar-refractivity contribution in [1.29, 1.82) is 0 Å². The second-order valence-electron chi connectivity index (χ2n) is 6.46. The Bertz CT molecular complexity index is 1310. The summed E-state index contributed by atoms with van der Waals surface area (Å²) in [6.07, 6.45) is 0. The molecule has 0 aliphatic carbocycles. The fourth-order valence-corrected chi connectivity index (χ4v) is 4.42. The molecule has 4 aromatic rings. The highest BCUT2D eigenvalue weighted by atomic mass is 32.2. The van der Waals surface area contributed by atoms with Crippen LogP contribution in [0.5, 0.6) is 0 Å². The van der Waals surface area contributed by atoms with Crippen LogP contribution in [0.25, 0.3) is 22.6 Å². The van der Waals surface area contributed by atoms with Crippen LogP contribution < -0.4 is 10.5 Å². The molecule has 0 spiro atoms. The number of benzene rings is 2. The Morgan fingerprint density at radius 1 is 1.24 bits per heavy atom. The Hall–Kier alpha value is -3.08. The quantitative estimate of drug-likeness (QED) is 0.507. The van der Waals surface area contributed by atoms with E-state index >= 15 is 0 Å². The molecule has 0 bridgehead atoms. The fraction of sp³-hybridized carbons (Fsp3) is 0.105. The summed E-state index contributed by atoms with van der Waals surface area (Å²) in [5.74, 6) is 0.269. The van der Waals surface area contributed by atoms with Crippen molar-refractivity contribution in [3.8, 4) is 11.5 Å². The molecule has 0 aliphatic rings. The highest BCUT2D eigenvalue weighted by Gasteiger charge is 2.17. The molecule has 3 N–H and O–H groups in total. The molecule has 0 unspecified atom stereocenters. The summed E-state index contributed by atoms with van der Waals surface area (Å²) < 4.78 is 25.2. The van der Waals surface area contributed by atoms with Gasteiger partial charge in [-0.25, -0.2) is 23.5 Å². The van der Waals surface area contributed by atoms with Crippen molar-refractivity contribution >= 4 is 44.0 Å². The van der Waals surface area contributed by atoms with E-state index in [2.05, 4.69) is 15.3 Å². The maximum atomic E-state index is 12.7. The van der Waals surface area contributed by atoms with Gasteiger partial charge in [-0.05, 0) is 36.8 Å². The van der Waals surface area contributed by atoms with Gasteiger partial charge < -0.3 is 9.88 Å². The lowest BCUT2D eigenvalue weighted by Crippen LogP contribution is -2.20. The third kappa shape index (κ3) is 3.90. The van der Waals surface area contributed by atoms with Gasteiger partial charge in [0.05, 0.1) is 21.4 Å². The SMILES string of the molecule is Cc1ccc(NC(=O)Cn2c(-c3cscn3)nc3ccccc32)cc1S(N)(=O)=O. The second-order valence-corrected chi connectivity index (χ2v) is 8.71. The van der Waals surface area contributed by atoms with Crippen molar-refractivity contribution < 1.29 is 13.2 Å². The predicted molar refractivity (Wildman–Crippen MR) is 112 cm³/mol. The van der Waals surface area contributed by atoms with Crippen LogP contribution >= 0.6 is 11.3 Å². The molecule has 0 atom stereocenters. The molecule has 148 valence electrons. The van der Waals surface area contributed by atoms with Gasteiger partial charge in [0, 0.05) is 11.1 Å². The Morgan fingerprint density at radius 3 is 2.76 bits per heavy atom. The van der Waals surface area contributed by atoms with Gasteiger partial charge in [-0.15, -0.1) is 11.3 Å². The van der Waals surface area contributed by atoms with Crippen LogP contribution in [0.15, 0.2) is 58.3 Å². The molecule has 4 rings (SSSR count). The minimum Gasteiger partial charge on any atom is -0.324 e. The van der Waals surface area contributed by atoms with Crippen LogP contribution in [-0.4, -0.2) is 28.9 Å². The summed E-state index contributed by atoms with van der Waals surface area (Å²) in [6.45, 7) is 1.63. The van der Waals surface area contributed by atoms with Crippen LogP contribution in [0.2, 0.25) is 0 Å². The molecule has 29 heavy (non-hydrogen) atoms. The first kappa shape index (κ1) is 19.2. The van der Waals surface area contributed by atoms with Gasteiger partial charge in [0.1, 0.15) is 12.2 Å². The van der Waals surface area contributed by atoms with Crippen molar-refractivity contribution in [3.05, 3.63) is 58.9 Å². The molecule has 0 saturated carbocycles. The zero-order valence-corrected chi connectivity index (χ0v) is 17.0. The van der Waals surface area contributed by atoms with Gasteiger partial charge in [0.2, 0.25) is 15.9 Å². The Labute approximate surface area is 171 Å². The number of hydrogen-bond acceptors (Lipinski definition) is 6. The summed E-state index contributed by atoms with van der Waals surface area (Å²) in [5.41, 5.74) is 4.82. The average molecular weight is 428 g/mol. The Kier molecular flexibility index (Phi) is 4.91. The molecule has 0 saturated heterocycles. The van der Waals surface area contributed by atoms with Gasteiger partial charge in [-0.3, -0.25) is 4.79 Å². The monoisotopic (exact) mass is 427 g/mol. The number of thiazole rings is 1. The van der Waals surface area contributed by atoms with E-state index < -0.39 is 10.0 Å². The molecule has 8 nitrogen and oxygen atoms in total. The number of rotatable bonds is 5. The lowest BCUT2D eigenvalue weighted by molar-refractivity contribution is -0.116. The van der Waals surface area contributed by atoms with Crippen LogP contribution in [0.3, 0.4) is 0 Å². The van der Waals surface area contributed by atoms with Crippen molar-refractivity contribution in [3.63, 3.8) is 0 Å². The second kappa shape index (κ2) is 7.39. The summed E-state index contributed by atoms with van der Waals surface area (Å²) in [5, 5.41) is 9.85. The number of anilines is 1. The molecule has 0 aliphatic heterocycles. The molecular weight excluding hydrogens is 410 g/mol. The Balaban J connectivity index is 1.66. The Morgan fingerprint density at radius 2 is 2.03 bits per heavy atom. The zero-order valence-electron chi connectivity index (χ0n) is 15.4. The van der Waals surface area contributed by atoms with E-state index in [0.717, 1.165) is 11.0 Å². The van der Waals surface area contributed by atoms with Gasteiger partial charge in [-0.2, -0.15) is 0 Å². The topological polar surface area (TPSA) is 120 Å². The van der Waals surface area contributed by atoms with Gasteiger partial charge in [0.25, 0.3) is 0 Å². The van der Waals surface area contributed by atoms with Crippen LogP contribution in [0.4, 0.5) is 5.69 Å². The normalized spacial score (nSPS) is 11.7. The molecule has 0 radical (unpaired) electrons. The zero-order chi connectivity index (χ0) is 20.6.